The Bertz CT molecular complexity index is 879. The smallest absolute Gasteiger partial charge is 0.225 e. The number of hydrogen-bond donors (Lipinski definition) is 0. The topological polar surface area (TPSA) is 44.6 Å². The van der Waals surface area contributed by atoms with Crippen LogP contribution in [-0.4, -0.2) is 65.3 Å². The van der Waals surface area contributed by atoms with E-state index in [9.17, 15) is 4.79 Å². The van der Waals surface area contributed by atoms with Crippen molar-refractivity contribution in [2.45, 2.75) is 58.9 Å². The van der Waals surface area contributed by atoms with Crippen molar-refractivity contribution in [2.24, 2.45) is 5.92 Å². The number of hydrogen-bond acceptors (Lipinski definition) is 4. The molecule has 2 aromatic rings. The highest BCUT2D eigenvalue weighted by Gasteiger charge is 2.30. The number of nitrogens with zero attached hydrogens (tertiary/aromatic N) is 5. The maximum atomic E-state index is 13.5. The molecule has 6 heteroatoms. The first-order chi connectivity index (χ1) is 15.6. The van der Waals surface area contributed by atoms with E-state index in [0.717, 1.165) is 63.4 Å². The molecule has 2 aliphatic rings. The highest BCUT2D eigenvalue weighted by atomic mass is 16.2. The molecule has 1 aromatic carbocycles. The normalized spacial score (nSPS) is 18.2. The van der Waals surface area contributed by atoms with E-state index in [1.807, 2.05) is 6.07 Å². The molecule has 0 bridgehead atoms. The Balaban J connectivity index is 1.68. The van der Waals surface area contributed by atoms with E-state index in [2.05, 4.69) is 64.5 Å². The molecule has 0 unspecified atom stereocenters. The fourth-order valence-corrected chi connectivity index (χ4v) is 5.16. The minimum atomic E-state index is 0.201. The number of carbonyl (C=O) groups is 1. The zero-order valence-electron chi connectivity index (χ0n) is 20.1. The van der Waals surface area contributed by atoms with Crippen molar-refractivity contribution in [2.75, 3.05) is 44.7 Å². The van der Waals surface area contributed by atoms with E-state index in [1.54, 1.807) is 0 Å². The molecule has 0 N–H and O–H groups in total. The number of piperazine rings is 1. The molecule has 1 saturated heterocycles. The Morgan fingerprint density at radius 2 is 1.75 bits per heavy atom. The first-order valence-corrected chi connectivity index (χ1v) is 12.4. The van der Waals surface area contributed by atoms with Gasteiger partial charge in [-0.25, -0.2) is 4.68 Å². The summed E-state index contributed by atoms with van der Waals surface area (Å²) in [6, 6.07) is 10.4. The molecule has 0 atom stereocenters. The van der Waals surface area contributed by atoms with Crippen molar-refractivity contribution in [1.29, 1.82) is 0 Å². The molecule has 1 aliphatic carbocycles. The molecule has 6 nitrogen and oxygen atoms in total. The molecule has 174 valence electrons. The summed E-state index contributed by atoms with van der Waals surface area (Å²) < 4.78 is 2.10. The zero-order chi connectivity index (χ0) is 22.5. The van der Waals surface area contributed by atoms with Gasteiger partial charge >= 0.3 is 0 Å². The SMILES string of the molecule is CCCN(Cc1c(C)nn(-c2ccccc2)c1N1CCN(C)CC1)C(=O)C1CCCCC1. The van der Waals surface area contributed by atoms with Crippen molar-refractivity contribution in [3.8, 4) is 5.69 Å². The van der Waals surface area contributed by atoms with Gasteiger partial charge in [0.05, 0.1) is 17.9 Å². The number of rotatable bonds is 7. The minimum Gasteiger partial charge on any atom is -0.354 e. The average Bonchev–Trinajstić information content (AvgIpc) is 3.16. The van der Waals surface area contributed by atoms with E-state index in [1.165, 1.54) is 30.6 Å². The lowest BCUT2D eigenvalue weighted by atomic mass is 9.88. The molecule has 2 fully saturated rings. The Kier molecular flexibility index (Phi) is 7.51. The second kappa shape index (κ2) is 10.5. The van der Waals surface area contributed by atoms with Crippen LogP contribution in [0.4, 0.5) is 5.82 Å². The van der Waals surface area contributed by atoms with Gasteiger partial charge in [-0.1, -0.05) is 44.4 Å². The molecule has 1 amide bonds. The number of para-hydroxylation sites is 1. The van der Waals surface area contributed by atoms with Crippen LogP contribution in [0.25, 0.3) is 5.69 Å². The summed E-state index contributed by atoms with van der Waals surface area (Å²) in [6.07, 6.45) is 6.73. The predicted molar refractivity (Wildman–Crippen MR) is 130 cm³/mol. The first kappa shape index (κ1) is 22.8. The van der Waals surface area contributed by atoms with Gasteiger partial charge in [0.15, 0.2) is 0 Å². The fraction of sp³-hybridized carbons (Fsp3) is 0.615. The Morgan fingerprint density at radius 1 is 1.06 bits per heavy atom. The molecule has 1 saturated carbocycles. The van der Waals surface area contributed by atoms with E-state index in [4.69, 9.17) is 5.10 Å². The number of aryl methyl sites for hydroxylation is 1. The van der Waals surface area contributed by atoms with E-state index < -0.39 is 0 Å². The highest BCUT2D eigenvalue weighted by molar-refractivity contribution is 5.79. The molecular weight excluding hydrogens is 398 g/mol. The number of aromatic nitrogens is 2. The third kappa shape index (κ3) is 5.01. The van der Waals surface area contributed by atoms with Crippen molar-refractivity contribution < 1.29 is 4.79 Å². The van der Waals surface area contributed by atoms with Crippen LogP contribution in [0, 0.1) is 12.8 Å². The third-order valence-electron chi connectivity index (χ3n) is 7.07. The van der Waals surface area contributed by atoms with Gasteiger partial charge in [-0.2, -0.15) is 5.10 Å². The summed E-state index contributed by atoms with van der Waals surface area (Å²) in [6.45, 7) is 9.78. The van der Waals surface area contributed by atoms with Crippen LogP contribution in [0.3, 0.4) is 0 Å². The number of amides is 1. The summed E-state index contributed by atoms with van der Waals surface area (Å²) in [7, 11) is 2.18. The van der Waals surface area contributed by atoms with Gasteiger partial charge in [-0.3, -0.25) is 4.79 Å². The van der Waals surface area contributed by atoms with Crippen LogP contribution in [0.5, 0.6) is 0 Å². The number of anilines is 1. The van der Waals surface area contributed by atoms with Crippen LogP contribution < -0.4 is 4.90 Å². The van der Waals surface area contributed by atoms with Crippen molar-refractivity contribution >= 4 is 11.7 Å². The lowest BCUT2D eigenvalue weighted by Crippen LogP contribution is -2.46. The van der Waals surface area contributed by atoms with Crippen molar-refractivity contribution in [1.82, 2.24) is 19.6 Å². The second-order valence-corrected chi connectivity index (χ2v) is 9.52. The maximum Gasteiger partial charge on any atom is 0.225 e. The number of benzene rings is 1. The van der Waals surface area contributed by atoms with Crippen LogP contribution in [0.2, 0.25) is 0 Å². The Hall–Kier alpha value is -2.34. The van der Waals surface area contributed by atoms with Crippen LogP contribution in [0.15, 0.2) is 30.3 Å². The quantitative estimate of drug-likeness (QED) is 0.650. The monoisotopic (exact) mass is 437 g/mol. The van der Waals surface area contributed by atoms with Crippen molar-refractivity contribution in [3.63, 3.8) is 0 Å². The molecule has 1 aromatic heterocycles. The lowest BCUT2D eigenvalue weighted by molar-refractivity contribution is -0.137. The third-order valence-corrected chi connectivity index (χ3v) is 7.07. The lowest BCUT2D eigenvalue weighted by Gasteiger charge is -2.35. The summed E-state index contributed by atoms with van der Waals surface area (Å²) in [4.78, 5) is 20.5. The van der Waals surface area contributed by atoms with Crippen LogP contribution >= 0.6 is 0 Å². The van der Waals surface area contributed by atoms with E-state index in [0.29, 0.717) is 12.5 Å². The van der Waals surface area contributed by atoms with E-state index in [-0.39, 0.29) is 5.92 Å². The van der Waals surface area contributed by atoms with Gasteiger partial charge in [0.2, 0.25) is 5.91 Å². The fourth-order valence-electron chi connectivity index (χ4n) is 5.16. The summed E-state index contributed by atoms with van der Waals surface area (Å²) in [5, 5.41) is 4.98. The van der Waals surface area contributed by atoms with Crippen molar-refractivity contribution in [3.05, 3.63) is 41.6 Å². The highest BCUT2D eigenvalue weighted by Crippen LogP contribution is 2.31. The maximum absolute atomic E-state index is 13.5. The Labute approximate surface area is 193 Å². The first-order valence-electron chi connectivity index (χ1n) is 12.4. The molecule has 1 aliphatic heterocycles. The average molecular weight is 438 g/mol. The molecule has 4 rings (SSSR count). The summed E-state index contributed by atoms with van der Waals surface area (Å²) in [5.74, 6) is 1.72. The van der Waals surface area contributed by atoms with Gasteiger partial charge in [-0.15, -0.1) is 0 Å². The van der Waals surface area contributed by atoms with Gasteiger partial charge in [0, 0.05) is 44.2 Å². The zero-order valence-corrected chi connectivity index (χ0v) is 20.1. The summed E-state index contributed by atoms with van der Waals surface area (Å²) in [5.41, 5.74) is 3.31. The summed E-state index contributed by atoms with van der Waals surface area (Å²) >= 11 is 0. The standard InChI is InChI=1S/C26H39N5O/c1-4-15-30(26(32)22-11-7-5-8-12-22)20-24-21(2)27-31(23-13-9-6-10-14-23)25(24)29-18-16-28(3)17-19-29/h6,9-10,13-14,22H,4-5,7-8,11-12,15-20H2,1-3H3. The van der Waals surface area contributed by atoms with E-state index >= 15 is 0 Å². The molecule has 2 heterocycles. The van der Waals surface area contributed by atoms with Crippen LogP contribution in [0.1, 0.15) is 56.7 Å². The van der Waals surface area contributed by atoms with Crippen LogP contribution in [-0.2, 0) is 11.3 Å². The van der Waals surface area contributed by atoms with Gasteiger partial charge in [-0.05, 0) is 45.4 Å². The predicted octanol–water partition coefficient (Wildman–Crippen LogP) is 4.25. The molecule has 0 spiro atoms. The molecule has 0 radical (unpaired) electrons. The minimum absolute atomic E-state index is 0.201. The van der Waals surface area contributed by atoms with Gasteiger partial charge in [0.1, 0.15) is 5.82 Å². The van der Waals surface area contributed by atoms with Gasteiger partial charge in [0.25, 0.3) is 0 Å². The van der Waals surface area contributed by atoms with Gasteiger partial charge < -0.3 is 14.7 Å². The Morgan fingerprint density at radius 3 is 2.41 bits per heavy atom. The largest absolute Gasteiger partial charge is 0.354 e. The second-order valence-electron chi connectivity index (χ2n) is 9.52. The molecular formula is C26H39N5O. The number of likely N-dealkylation sites (N-methyl/N-ethyl adjacent to an activating group) is 1. The molecule has 32 heavy (non-hydrogen) atoms. The number of carbonyl (C=O) groups excluding carboxylic acids is 1.